The molecule has 36 heavy (non-hydrogen) atoms. The predicted molar refractivity (Wildman–Crippen MR) is 131 cm³/mol. The average Bonchev–Trinajstić information content (AvgIpc) is 2.86. The van der Waals surface area contributed by atoms with Crippen LogP contribution in [0.1, 0.15) is 17.2 Å². The molecule has 0 radical (unpaired) electrons. The SMILES string of the molecule is O=C(Nc1ccc(Cl)c(C(F)(F)F)c1)[C@@H](c1ccccc1)N1CCN(S(=O)(=O)c2ccccc2)CC1. The van der Waals surface area contributed by atoms with Gasteiger partial charge in [-0.25, -0.2) is 8.42 Å². The first-order chi connectivity index (χ1) is 17.1. The third-order valence-electron chi connectivity index (χ3n) is 5.92. The van der Waals surface area contributed by atoms with Crippen molar-refractivity contribution < 1.29 is 26.4 Å². The summed E-state index contributed by atoms with van der Waals surface area (Å²) in [6, 6.07) is 19.3. The standard InChI is InChI=1S/C25H23ClF3N3O3S/c26-22-12-11-19(17-21(22)25(27,28)29)30-24(33)23(18-7-3-1-4-8-18)31-13-15-32(16-14-31)36(34,35)20-9-5-2-6-10-20/h1-12,17,23H,13-16H2,(H,30,33)/t23-/m1/s1. The molecule has 11 heteroatoms. The van der Waals surface area contributed by atoms with E-state index in [1.807, 2.05) is 4.90 Å². The van der Waals surface area contributed by atoms with Gasteiger partial charge in [-0.3, -0.25) is 9.69 Å². The lowest BCUT2D eigenvalue weighted by atomic mass is 10.0. The van der Waals surface area contributed by atoms with E-state index in [-0.39, 0.29) is 36.8 Å². The van der Waals surface area contributed by atoms with Gasteiger partial charge in [0.2, 0.25) is 15.9 Å². The highest BCUT2D eigenvalue weighted by Gasteiger charge is 2.36. The minimum atomic E-state index is -4.67. The van der Waals surface area contributed by atoms with Crippen LogP contribution in [0.25, 0.3) is 0 Å². The monoisotopic (exact) mass is 537 g/mol. The maximum Gasteiger partial charge on any atom is 0.417 e. The fraction of sp³-hybridized carbons (Fsp3) is 0.240. The van der Waals surface area contributed by atoms with Crippen LogP contribution in [0.5, 0.6) is 0 Å². The van der Waals surface area contributed by atoms with Gasteiger partial charge in [0.25, 0.3) is 0 Å². The Kier molecular flexibility index (Phi) is 7.70. The van der Waals surface area contributed by atoms with Crippen LogP contribution in [0, 0.1) is 0 Å². The van der Waals surface area contributed by atoms with Gasteiger partial charge in [0.05, 0.1) is 15.5 Å². The van der Waals surface area contributed by atoms with E-state index in [1.54, 1.807) is 48.5 Å². The van der Waals surface area contributed by atoms with Crippen LogP contribution in [0.4, 0.5) is 18.9 Å². The van der Waals surface area contributed by atoms with Gasteiger partial charge >= 0.3 is 6.18 Å². The van der Waals surface area contributed by atoms with E-state index in [1.165, 1.54) is 22.5 Å². The molecule has 1 aliphatic rings. The second-order valence-electron chi connectivity index (χ2n) is 8.25. The van der Waals surface area contributed by atoms with Gasteiger partial charge in [-0.1, -0.05) is 60.1 Å². The largest absolute Gasteiger partial charge is 0.417 e. The number of nitrogens with zero attached hydrogens (tertiary/aromatic N) is 2. The van der Waals surface area contributed by atoms with Crippen molar-refractivity contribution in [3.8, 4) is 0 Å². The number of alkyl halides is 3. The number of hydrogen-bond donors (Lipinski definition) is 1. The summed E-state index contributed by atoms with van der Waals surface area (Å²) in [6.07, 6.45) is -4.67. The molecule has 1 N–H and O–H groups in total. The summed E-state index contributed by atoms with van der Waals surface area (Å²) in [7, 11) is -3.68. The number of nitrogens with one attached hydrogen (secondary N) is 1. The van der Waals surface area contributed by atoms with Crippen LogP contribution >= 0.6 is 11.6 Å². The first-order valence-corrected chi connectivity index (χ1v) is 12.9. The van der Waals surface area contributed by atoms with Crippen molar-refractivity contribution in [2.24, 2.45) is 0 Å². The van der Waals surface area contributed by atoms with Gasteiger partial charge in [-0.05, 0) is 35.9 Å². The number of benzene rings is 3. The van der Waals surface area contributed by atoms with Crippen molar-refractivity contribution in [1.29, 1.82) is 0 Å². The zero-order valence-corrected chi connectivity index (χ0v) is 20.5. The predicted octanol–water partition coefficient (Wildman–Crippen LogP) is 5.05. The van der Waals surface area contributed by atoms with Crippen LogP contribution in [0.15, 0.2) is 83.8 Å². The molecule has 1 fully saturated rings. The molecule has 3 aromatic carbocycles. The lowest BCUT2D eigenvalue weighted by Crippen LogP contribution is -2.51. The number of anilines is 1. The molecule has 0 bridgehead atoms. The van der Waals surface area contributed by atoms with Crippen molar-refractivity contribution >= 4 is 33.2 Å². The Hall–Kier alpha value is -2.92. The number of halogens is 4. The summed E-state index contributed by atoms with van der Waals surface area (Å²) >= 11 is 5.70. The van der Waals surface area contributed by atoms with E-state index >= 15 is 0 Å². The molecule has 1 aliphatic heterocycles. The van der Waals surface area contributed by atoms with Crippen LogP contribution in [0.3, 0.4) is 0 Å². The molecule has 0 unspecified atom stereocenters. The second-order valence-corrected chi connectivity index (χ2v) is 10.6. The van der Waals surface area contributed by atoms with Crippen molar-refractivity contribution in [1.82, 2.24) is 9.21 Å². The van der Waals surface area contributed by atoms with E-state index in [4.69, 9.17) is 11.6 Å². The van der Waals surface area contributed by atoms with E-state index < -0.39 is 38.7 Å². The molecule has 1 saturated heterocycles. The normalized spacial score (nSPS) is 16.4. The summed E-state index contributed by atoms with van der Waals surface area (Å²) in [4.78, 5) is 15.4. The Morgan fingerprint density at radius 2 is 1.47 bits per heavy atom. The molecule has 3 aromatic rings. The highest BCUT2D eigenvalue weighted by atomic mass is 35.5. The molecular weight excluding hydrogens is 515 g/mol. The maximum atomic E-state index is 13.4. The topological polar surface area (TPSA) is 69.7 Å². The minimum absolute atomic E-state index is 0.0389. The van der Waals surface area contributed by atoms with Crippen molar-refractivity contribution in [3.05, 3.63) is 95.0 Å². The number of piperazine rings is 1. The Balaban J connectivity index is 1.55. The van der Waals surface area contributed by atoms with Crippen LogP contribution in [0.2, 0.25) is 5.02 Å². The molecule has 0 aromatic heterocycles. The molecule has 0 saturated carbocycles. The molecule has 190 valence electrons. The molecular formula is C25H23ClF3N3O3S. The van der Waals surface area contributed by atoms with E-state index in [0.29, 0.717) is 5.56 Å². The first kappa shape index (κ1) is 26.2. The molecule has 4 rings (SSSR count). The van der Waals surface area contributed by atoms with Gasteiger partial charge in [0.15, 0.2) is 0 Å². The lowest BCUT2D eigenvalue weighted by molar-refractivity contribution is -0.137. The molecule has 1 amide bonds. The zero-order valence-electron chi connectivity index (χ0n) is 19.0. The second kappa shape index (κ2) is 10.6. The molecule has 6 nitrogen and oxygen atoms in total. The number of sulfonamides is 1. The van der Waals surface area contributed by atoms with Crippen molar-refractivity contribution in [2.45, 2.75) is 17.1 Å². The summed E-state index contributed by atoms with van der Waals surface area (Å²) in [5, 5.41) is 2.11. The number of amides is 1. The van der Waals surface area contributed by atoms with Gasteiger partial charge in [0.1, 0.15) is 6.04 Å². The quantitative estimate of drug-likeness (QED) is 0.478. The van der Waals surface area contributed by atoms with Crippen LogP contribution in [-0.2, 0) is 21.0 Å². The highest BCUT2D eigenvalue weighted by Crippen LogP contribution is 2.36. The smallest absolute Gasteiger partial charge is 0.324 e. The highest BCUT2D eigenvalue weighted by molar-refractivity contribution is 7.89. The maximum absolute atomic E-state index is 13.4. The van der Waals surface area contributed by atoms with Crippen LogP contribution < -0.4 is 5.32 Å². The summed E-state index contributed by atoms with van der Waals surface area (Å²) < 4.78 is 67.1. The van der Waals surface area contributed by atoms with Gasteiger partial charge in [-0.15, -0.1) is 0 Å². The Morgan fingerprint density at radius 3 is 2.06 bits per heavy atom. The van der Waals surface area contributed by atoms with Gasteiger partial charge in [-0.2, -0.15) is 17.5 Å². The summed E-state index contributed by atoms with van der Waals surface area (Å²) in [6.45, 7) is 0.834. The lowest BCUT2D eigenvalue weighted by Gasteiger charge is -2.38. The molecule has 0 spiro atoms. The van der Waals surface area contributed by atoms with E-state index in [2.05, 4.69) is 5.32 Å². The van der Waals surface area contributed by atoms with Gasteiger partial charge in [0, 0.05) is 31.9 Å². The minimum Gasteiger partial charge on any atom is -0.324 e. The number of carbonyl (C=O) groups excluding carboxylic acids is 1. The molecule has 1 heterocycles. The Bertz CT molecular complexity index is 1310. The Morgan fingerprint density at radius 1 is 0.889 bits per heavy atom. The molecule has 0 aliphatic carbocycles. The van der Waals surface area contributed by atoms with Crippen LogP contribution in [-0.4, -0.2) is 49.7 Å². The third kappa shape index (κ3) is 5.73. The first-order valence-electron chi connectivity index (χ1n) is 11.1. The average molecular weight is 538 g/mol. The fourth-order valence-electron chi connectivity index (χ4n) is 4.14. The number of hydrogen-bond acceptors (Lipinski definition) is 4. The fourth-order valence-corrected chi connectivity index (χ4v) is 5.81. The van der Waals surface area contributed by atoms with Gasteiger partial charge < -0.3 is 5.32 Å². The third-order valence-corrected chi connectivity index (χ3v) is 8.16. The summed E-state index contributed by atoms with van der Waals surface area (Å²) in [5.41, 5.74) is -0.444. The van der Waals surface area contributed by atoms with Crippen molar-refractivity contribution in [2.75, 3.05) is 31.5 Å². The number of carbonyl (C=O) groups is 1. The number of rotatable bonds is 6. The Labute approximate surface area is 212 Å². The van der Waals surface area contributed by atoms with E-state index in [0.717, 1.165) is 12.1 Å². The van der Waals surface area contributed by atoms with Crippen molar-refractivity contribution in [3.63, 3.8) is 0 Å². The summed E-state index contributed by atoms with van der Waals surface area (Å²) in [5.74, 6) is -0.531. The molecule has 1 atom stereocenters. The van der Waals surface area contributed by atoms with E-state index in [9.17, 15) is 26.4 Å². The zero-order chi connectivity index (χ0) is 25.9.